The van der Waals surface area contributed by atoms with E-state index in [2.05, 4.69) is 4.90 Å². The number of rotatable bonds is 9. The summed E-state index contributed by atoms with van der Waals surface area (Å²) in [4.78, 5) is 2.09. The van der Waals surface area contributed by atoms with Crippen molar-refractivity contribution in [2.45, 2.75) is 25.6 Å². The molecule has 1 fully saturated rings. The summed E-state index contributed by atoms with van der Waals surface area (Å²) in [5.74, 6) is 2.15. The van der Waals surface area contributed by atoms with Crippen molar-refractivity contribution in [3.05, 3.63) is 59.7 Å². The third-order valence-corrected chi connectivity index (χ3v) is 4.43. The maximum atomic E-state index is 10.1. The van der Waals surface area contributed by atoms with Crippen molar-refractivity contribution >= 4 is 0 Å². The van der Waals surface area contributed by atoms with Crippen molar-refractivity contribution < 1.29 is 14.6 Å². The normalized spacial score (nSPS) is 15.2. The van der Waals surface area contributed by atoms with E-state index >= 15 is 0 Å². The Labute approximate surface area is 150 Å². The minimum absolute atomic E-state index is 0.325. The second-order valence-corrected chi connectivity index (χ2v) is 6.94. The van der Waals surface area contributed by atoms with Crippen molar-refractivity contribution in [1.29, 1.82) is 0 Å². The van der Waals surface area contributed by atoms with Gasteiger partial charge < -0.3 is 19.5 Å². The maximum absolute atomic E-state index is 10.1. The van der Waals surface area contributed by atoms with Crippen molar-refractivity contribution in [2.24, 2.45) is 5.92 Å². The Hall–Kier alpha value is -2.04. The molecule has 25 heavy (non-hydrogen) atoms. The van der Waals surface area contributed by atoms with Crippen LogP contribution in [0, 0.1) is 5.92 Å². The van der Waals surface area contributed by atoms with E-state index in [1.54, 1.807) is 0 Å². The third kappa shape index (κ3) is 5.48. The first-order valence-corrected chi connectivity index (χ1v) is 8.89. The number of ether oxygens (including phenoxy) is 2. The summed E-state index contributed by atoms with van der Waals surface area (Å²) in [6.07, 6.45) is 1.94. The Morgan fingerprint density at radius 1 is 0.960 bits per heavy atom. The Kier molecular flexibility index (Phi) is 5.95. The van der Waals surface area contributed by atoms with Gasteiger partial charge in [-0.3, -0.25) is 0 Å². The molecule has 0 heterocycles. The molecular weight excluding hydrogens is 314 g/mol. The second kappa shape index (κ2) is 8.37. The van der Waals surface area contributed by atoms with Crippen LogP contribution in [0.1, 0.15) is 30.1 Å². The van der Waals surface area contributed by atoms with Crippen LogP contribution in [0.15, 0.2) is 48.5 Å². The van der Waals surface area contributed by atoms with Crippen LogP contribution in [0.5, 0.6) is 11.5 Å². The van der Waals surface area contributed by atoms with Crippen LogP contribution in [-0.4, -0.2) is 37.3 Å². The van der Waals surface area contributed by atoms with E-state index in [-0.39, 0.29) is 6.10 Å². The molecule has 4 nitrogen and oxygen atoms in total. The SMILES string of the molecule is CN(C)CCOc1ccc(COc2ccc(C(O)C3CC3)cc2)cc1. The minimum atomic E-state index is -0.325. The lowest BCUT2D eigenvalue weighted by molar-refractivity contribution is 0.153. The van der Waals surface area contributed by atoms with Gasteiger partial charge in [0, 0.05) is 6.54 Å². The van der Waals surface area contributed by atoms with Crippen LogP contribution in [0.25, 0.3) is 0 Å². The Morgan fingerprint density at radius 2 is 1.56 bits per heavy atom. The van der Waals surface area contributed by atoms with Crippen LogP contribution in [-0.2, 0) is 6.61 Å². The molecule has 0 bridgehead atoms. The summed E-state index contributed by atoms with van der Waals surface area (Å²) >= 11 is 0. The molecule has 2 aromatic carbocycles. The molecule has 1 saturated carbocycles. The number of aliphatic hydroxyl groups excluding tert-OH is 1. The molecule has 0 amide bonds. The summed E-state index contributed by atoms with van der Waals surface area (Å²) in [7, 11) is 4.06. The van der Waals surface area contributed by atoms with Crippen molar-refractivity contribution in [2.75, 3.05) is 27.2 Å². The van der Waals surface area contributed by atoms with E-state index in [1.807, 2.05) is 62.6 Å². The zero-order valence-electron chi connectivity index (χ0n) is 15.0. The molecule has 4 heteroatoms. The lowest BCUT2D eigenvalue weighted by Gasteiger charge is -2.12. The Morgan fingerprint density at radius 3 is 2.16 bits per heavy atom. The topological polar surface area (TPSA) is 41.9 Å². The molecule has 1 atom stereocenters. The van der Waals surface area contributed by atoms with E-state index < -0.39 is 0 Å². The lowest BCUT2D eigenvalue weighted by atomic mass is 10.1. The van der Waals surface area contributed by atoms with Gasteiger partial charge in [0.2, 0.25) is 0 Å². The number of hydrogen-bond donors (Lipinski definition) is 1. The first kappa shape index (κ1) is 17.8. The van der Waals surface area contributed by atoms with Gasteiger partial charge in [0.25, 0.3) is 0 Å². The average molecular weight is 341 g/mol. The summed E-state index contributed by atoms with van der Waals surface area (Å²) in [5.41, 5.74) is 2.08. The molecule has 3 rings (SSSR count). The van der Waals surface area contributed by atoms with E-state index in [0.717, 1.165) is 42.0 Å². The van der Waals surface area contributed by atoms with E-state index in [9.17, 15) is 5.11 Å². The first-order valence-electron chi connectivity index (χ1n) is 8.89. The highest BCUT2D eigenvalue weighted by molar-refractivity contribution is 5.30. The third-order valence-electron chi connectivity index (χ3n) is 4.43. The van der Waals surface area contributed by atoms with Gasteiger partial charge in [-0.2, -0.15) is 0 Å². The molecule has 1 N–H and O–H groups in total. The summed E-state index contributed by atoms with van der Waals surface area (Å²) < 4.78 is 11.5. The van der Waals surface area contributed by atoms with Crippen LogP contribution < -0.4 is 9.47 Å². The highest BCUT2D eigenvalue weighted by atomic mass is 16.5. The van der Waals surface area contributed by atoms with Gasteiger partial charge in [-0.25, -0.2) is 0 Å². The molecule has 0 radical (unpaired) electrons. The van der Waals surface area contributed by atoms with Gasteiger partial charge in [0.1, 0.15) is 24.7 Å². The van der Waals surface area contributed by atoms with Crippen molar-refractivity contribution in [3.63, 3.8) is 0 Å². The summed E-state index contributed by atoms with van der Waals surface area (Å²) in [5, 5.41) is 10.1. The van der Waals surface area contributed by atoms with Crippen molar-refractivity contribution in [1.82, 2.24) is 4.90 Å². The summed E-state index contributed by atoms with van der Waals surface area (Å²) in [6, 6.07) is 15.8. The molecule has 134 valence electrons. The molecule has 0 spiro atoms. The van der Waals surface area contributed by atoms with E-state index in [4.69, 9.17) is 9.47 Å². The van der Waals surface area contributed by atoms with Crippen LogP contribution in [0.2, 0.25) is 0 Å². The zero-order chi connectivity index (χ0) is 17.6. The Balaban J connectivity index is 1.46. The van der Waals surface area contributed by atoms with Crippen LogP contribution >= 0.6 is 0 Å². The monoisotopic (exact) mass is 341 g/mol. The average Bonchev–Trinajstić information content (AvgIpc) is 3.46. The Bertz CT molecular complexity index is 648. The fourth-order valence-corrected chi connectivity index (χ4v) is 2.64. The number of nitrogens with zero attached hydrogens (tertiary/aromatic N) is 1. The molecule has 0 saturated heterocycles. The van der Waals surface area contributed by atoms with Gasteiger partial charge in [-0.05, 0) is 68.2 Å². The second-order valence-electron chi connectivity index (χ2n) is 6.94. The highest BCUT2D eigenvalue weighted by Gasteiger charge is 2.30. The van der Waals surface area contributed by atoms with Crippen LogP contribution in [0.4, 0.5) is 0 Å². The van der Waals surface area contributed by atoms with E-state index in [0.29, 0.717) is 19.1 Å². The van der Waals surface area contributed by atoms with Crippen LogP contribution in [0.3, 0.4) is 0 Å². The number of benzene rings is 2. The lowest BCUT2D eigenvalue weighted by Crippen LogP contribution is -2.19. The number of aliphatic hydroxyl groups is 1. The molecule has 0 aliphatic heterocycles. The molecular formula is C21H27NO3. The predicted octanol–water partition coefficient (Wildman–Crippen LogP) is 3.65. The molecule has 1 aliphatic rings. The minimum Gasteiger partial charge on any atom is -0.492 e. The summed E-state index contributed by atoms with van der Waals surface area (Å²) in [6.45, 7) is 2.10. The first-order chi connectivity index (χ1) is 12.1. The molecule has 2 aromatic rings. The van der Waals surface area contributed by atoms with Gasteiger partial charge in [0.15, 0.2) is 0 Å². The van der Waals surface area contributed by atoms with Crippen molar-refractivity contribution in [3.8, 4) is 11.5 Å². The maximum Gasteiger partial charge on any atom is 0.119 e. The van der Waals surface area contributed by atoms with Gasteiger partial charge in [-0.15, -0.1) is 0 Å². The number of likely N-dealkylation sites (N-methyl/N-ethyl adjacent to an activating group) is 1. The van der Waals surface area contributed by atoms with E-state index in [1.165, 1.54) is 0 Å². The fraction of sp³-hybridized carbons (Fsp3) is 0.429. The standard InChI is InChI=1S/C21H27NO3/c1-22(2)13-14-24-19-9-3-16(4-10-19)15-25-20-11-7-18(8-12-20)21(23)17-5-6-17/h3-4,7-12,17,21,23H,5-6,13-15H2,1-2H3. The zero-order valence-corrected chi connectivity index (χ0v) is 15.0. The molecule has 0 aromatic heterocycles. The molecule has 1 unspecified atom stereocenters. The quantitative estimate of drug-likeness (QED) is 0.756. The smallest absolute Gasteiger partial charge is 0.119 e. The largest absolute Gasteiger partial charge is 0.492 e. The fourth-order valence-electron chi connectivity index (χ4n) is 2.64. The number of hydrogen-bond acceptors (Lipinski definition) is 4. The highest BCUT2D eigenvalue weighted by Crippen LogP contribution is 2.41. The molecule has 1 aliphatic carbocycles. The van der Waals surface area contributed by atoms with Gasteiger partial charge >= 0.3 is 0 Å². The van der Waals surface area contributed by atoms with Gasteiger partial charge in [-0.1, -0.05) is 24.3 Å². The predicted molar refractivity (Wildman–Crippen MR) is 98.9 cm³/mol. The van der Waals surface area contributed by atoms with Gasteiger partial charge in [0.05, 0.1) is 6.10 Å².